The lowest BCUT2D eigenvalue weighted by molar-refractivity contribution is -0.132. The average molecular weight is 693 g/mol. The van der Waals surface area contributed by atoms with Crippen molar-refractivity contribution in [1.29, 1.82) is 0 Å². The number of rotatable bonds is 6. The molecule has 1 atom stereocenters. The molecule has 248 valence electrons. The maximum absolute atomic E-state index is 14.7. The minimum absolute atomic E-state index is 0. The fraction of sp³-hybridized carbons (Fsp3) is 0.406. The van der Waals surface area contributed by atoms with E-state index in [-0.39, 0.29) is 52.4 Å². The van der Waals surface area contributed by atoms with Crippen LogP contribution in [-0.2, 0) is 25.2 Å². The SMILES string of the molecule is COc1ccccc1C1(OC(=O)N2CCC(N3CCN(C)CC3)CC2)C(=O)N(S(=O)(=O)c2ccccn2)c2ccc(C)cc21.Cl.Cl. The highest BCUT2D eigenvalue weighted by molar-refractivity contribution is 7.93. The number of methoxy groups -OCH3 is 1. The molecule has 4 heterocycles. The number of fused-ring (bicyclic) bond motifs is 1. The molecule has 3 aliphatic rings. The molecule has 3 aliphatic heterocycles. The molecule has 2 fully saturated rings. The number of aromatic nitrogens is 1. The number of likely N-dealkylation sites (N-methyl/N-ethyl adjacent to an activating group) is 1. The monoisotopic (exact) mass is 691 g/mol. The largest absolute Gasteiger partial charge is 0.496 e. The summed E-state index contributed by atoms with van der Waals surface area (Å²) in [5.74, 6) is -0.652. The Labute approximate surface area is 282 Å². The summed E-state index contributed by atoms with van der Waals surface area (Å²) in [6.07, 6.45) is 2.22. The van der Waals surface area contributed by atoms with Gasteiger partial charge in [0.1, 0.15) is 5.75 Å². The molecule has 0 bridgehead atoms. The third-order valence-electron chi connectivity index (χ3n) is 8.88. The molecule has 2 aromatic carbocycles. The van der Waals surface area contributed by atoms with Crippen LogP contribution in [0.25, 0.3) is 0 Å². The molecule has 2 saturated heterocycles. The normalized spacial score (nSPS) is 20.8. The first-order valence-corrected chi connectivity index (χ1v) is 16.3. The molecule has 46 heavy (non-hydrogen) atoms. The predicted octanol–water partition coefficient (Wildman–Crippen LogP) is 4.07. The third-order valence-corrected chi connectivity index (χ3v) is 10.5. The second-order valence-electron chi connectivity index (χ2n) is 11.6. The van der Waals surface area contributed by atoms with Crippen LogP contribution in [0.3, 0.4) is 0 Å². The summed E-state index contributed by atoms with van der Waals surface area (Å²) in [7, 11) is -0.899. The summed E-state index contributed by atoms with van der Waals surface area (Å²) in [6, 6.07) is 16.5. The van der Waals surface area contributed by atoms with Crippen LogP contribution in [0.1, 0.15) is 29.5 Å². The third kappa shape index (κ3) is 6.16. The lowest BCUT2D eigenvalue weighted by Crippen LogP contribution is -2.54. The highest BCUT2D eigenvalue weighted by Crippen LogP contribution is 2.51. The molecule has 2 amide bonds. The zero-order valence-corrected chi connectivity index (χ0v) is 28.4. The van der Waals surface area contributed by atoms with Gasteiger partial charge in [0, 0.05) is 57.1 Å². The Morgan fingerprint density at radius 3 is 2.24 bits per heavy atom. The number of likely N-dealkylation sites (tertiary alicyclic amines) is 1. The van der Waals surface area contributed by atoms with Crippen LogP contribution in [0.5, 0.6) is 5.75 Å². The fourth-order valence-corrected chi connectivity index (χ4v) is 7.85. The molecule has 0 aliphatic carbocycles. The second-order valence-corrected chi connectivity index (χ2v) is 13.3. The van der Waals surface area contributed by atoms with Crippen molar-refractivity contribution in [2.45, 2.75) is 36.4 Å². The maximum Gasteiger partial charge on any atom is 0.411 e. The van der Waals surface area contributed by atoms with Crippen LogP contribution >= 0.6 is 24.8 Å². The van der Waals surface area contributed by atoms with Crippen LogP contribution in [0, 0.1) is 6.92 Å². The Bertz CT molecular complexity index is 1660. The first-order chi connectivity index (χ1) is 21.2. The number of sulfonamides is 1. The number of piperazine rings is 1. The quantitative estimate of drug-likeness (QED) is 0.378. The summed E-state index contributed by atoms with van der Waals surface area (Å²) in [6.45, 7) is 6.77. The van der Waals surface area contributed by atoms with Crippen molar-refractivity contribution in [1.82, 2.24) is 19.7 Å². The number of aryl methyl sites for hydroxylation is 1. The molecule has 0 spiro atoms. The van der Waals surface area contributed by atoms with Crippen LogP contribution in [-0.4, -0.2) is 99.6 Å². The van der Waals surface area contributed by atoms with Gasteiger partial charge >= 0.3 is 6.09 Å². The van der Waals surface area contributed by atoms with Gasteiger partial charge in [-0.25, -0.2) is 9.78 Å². The van der Waals surface area contributed by atoms with E-state index in [1.165, 1.54) is 25.4 Å². The number of hydrogen-bond acceptors (Lipinski definition) is 9. The number of carbonyl (C=O) groups excluding carboxylic acids is 2. The summed E-state index contributed by atoms with van der Waals surface area (Å²) in [5, 5.41) is -0.298. The van der Waals surface area contributed by atoms with Gasteiger partial charge < -0.3 is 19.3 Å². The van der Waals surface area contributed by atoms with Crippen molar-refractivity contribution in [2.75, 3.05) is 57.7 Å². The summed E-state index contributed by atoms with van der Waals surface area (Å²) < 4.78 is 40.7. The van der Waals surface area contributed by atoms with Crippen molar-refractivity contribution < 1.29 is 27.5 Å². The van der Waals surface area contributed by atoms with Crippen molar-refractivity contribution >= 4 is 52.5 Å². The average Bonchev–Trinajstić information content (AvgIpc) is 3.29. The van der Waals surface area contributed by atoms with Crippen molar-refractivity contribution in [3.63, 3.8) is 0 Å². The molecule has 1 aromatic heterocycles. The first kappa shape index (κ1) is 35.4. The number of halogens is 2. The highest BCUT2D eigenvalue weighted by atomic mass is 35.5. The number of amides is 2. The van der Waals surface area contributed by atoms with Gasteiger partial charge in [0.15, 0.2) is 5.03 Å². The predicted molar refractivity (Wildman–Crippen MR) is 179 cm³/mol. The van der Waals surface area contributed by atoms with Gasteiger partial charge in [-0.1, -0.05) is 35.9 Å². The van der Waals surface area contributed by atoms with E-state index in [1.807, 2.05) is 6.92 Å². The van der Waals surface area contributed by atoms with Gasteiger partial charge in [-0.2, -0.15) is 12.7 Å². The van der Waals surface area contributed by atoms with Crippen molar-refractivity contribution in [3.05, 3.63) is 83.6 Å². The second kappa shape index (κ2) is 14.1. The number of anilines is 1. The Hall–Kier alpha value is -3.42. The molecular weight excluding hydrogens is 653 g/mol. The number of hydrogen-bond donors (Lipinski definition) is 0. The minimum Gasteiger partial charge on any atom is -0.496 e. The van der Waals surface area contributed by atoms with Crippen molar-refractivity contribution in [2.24, 2.45) is 0 Å². The molecule has 14 heteroatoms. The fourth-order valence-electron chi connectivity index (χ4n) is 6.45. The lowest BCUT2D eigenvalue weighted by Gasteiger charge is -2.42. The topological polar surface area (TPSA) is 113 Å². The Balaban J connectivity index is 0.00000240. The van der Waals surface area contributed by atoms with Gasteiger partial charge in [-0.3, -0.25) is 9.69 Å². The van der Waals surface area contributed by atoms with Gasteiger partial charge in [0.25, 0.3) is 15.9 Å². The summed E-state index contributed by atoms with van der Waals surface area (Å²) in [5.41, 5.74) is -0.789. The lowest BCUT2D eigenvalue weighted by atomic mass is 9.85. The standard InChI is InChI=1S/C32H37N5O6S.2ClH/c1-23-11-12-27-26(22-23)32(25-8-4-5-9-28(25)42-3,30(38)37(27)44(40,41)29-10-6-7-15-33-29)43-31(39)36-16-13-24(14-17-36)35-20-18-34(2)19-21-35;;/h4-12,15,22,24H,13-14,16-21H2,1-3H3;2*1H. The van der Waals surface area contributed by atoms with Gasteiger partial charge in [-0.15, -0.1) is 24.8 Å². The van der Waals surface area contributed by atoms with Crippen molar-refractivity contribution in [3.8, 4) is 5.75 Å². The first-order valence-electron chi connectivity index (χ1n) is 14.8. The van der Waals surface area contributed by atoms with E-state index in [1.54, 1.807) is 53.4 Å². The van der Waals surface area contributed by atoms with E-state index in [4.69, 9.17) is 9.47 Å². The molecule has 0 N–H and O–H groups in total. The Kier molecular flexibility index (Phi) is 10.9. The zero-order valence-electron chi connectivity index (χ0n) is 26.0. The van der Waals surface area contributed by atoms with E-state index in [2.05, 4.69) is 21.8 Å². The molecule has 0 radical (unpaired) electrons. The number of pyridine rings is 1. The molecule has 6 rings (SSSR count). The zero-order chi connectivity index (χ0) is 31.1. The maximum atomic E-state index is 14.7. The van der Waals surface area contributed by atoms with E-state index in [0.29, 0.717) is 23.4 Å². The smallest absolute Gasteiger partial charge is 0.411 e. The van der Waals surface area contributed by atoms with Gasteiger partial charge in [0.05, 0.1) is 18.4 Å². The number of para-hydroxylation sites is 1. The summed E-state index contributed by atoms with van der Waals surface area (Å²) in [4.78, 5) is 39.2. The van der Waals surface area contributed by atoms with E-state index >= 15 is 0 Å². The minimum atomic E-state index is -4.48. The molecular formula is C32H39Cl2N5O6S. The van der Waals surface area contributed by atoms with E-state index in [0.717, 1.165) is 44.6 Å². The van der Waals surface area contributed by atoms with Gasteiger partial charge in [0.2, 0.25) is 5.60 Å². The highest BCUT2D eigenvalue weighted by Gasteiger charge is 2.61. The summed E-state index contributed by atoms with van der Waals surface area (Å²) >= 11 is 0. The molecule has 11 nitrogen and oxygen atoms in total. The van der Waals surface area contributed by atoms with Crippen LogP contribution in [0.2, 0.25) is 0 Å². The van der Waals surface area contributed by atoms with E-state index in [9.17, 15) is 18.0 Å². The number of benzene rings is 2. The van der Waals surface area contributed by atoms with E-state index < -0.39 is 27.6 Å². The van der Waals surface area contributed by atoms with Gasteiger partial charge in [-0.05, 0) is 57.1 Å². The molecule has 1 unspecified atom stereocenters. The Morgan fingerprint density at radius 2 is 1.59 bits per heavy atom. The van der Waals surface area contributed by atoms with Crippen LogP contribution < -0.4 is 9.04 Å². The Morgan fingerprint density at radius 1 is 0.913 bits per heavy atom. The van der Waals surface area contributed by atoms with Crippen LogP contribution in [0.4, 0.5) is 10.5 Å². The number of carbonyl (C=O) groups is 2. The molecule has 3 aromatic rings. The number of ether oxygens (including phenoxy) is 2. The number of nitrogens with zero attached hydrogens (tertiary/aromatic N) is 5. The number of piperidine rings is 1. The van der Waals surface area contributed by atoms with Crippen LogP contribution in [0.15, 0.2) is 71.9 Å². The molecule has 0 saturated carbocycles.